The van der Waals surface area contributed by atoms with E-state index >= 15 is 0 Å². The van der Waals surface area contributed by atoms with Crippen molar-refractivity contribution >= 4 is 0 Å². The molecule has 0 bridgehead atoms. The van der Waals surface area contributed by atoms with E-state index in [1.54, 1.807) is 0 Å². The standard InChI is InChI=1S/C40H46O8/c1-40(2)46-28-34(48-40)27-45-39-38(44-26-33-21-13-6-14-22-33)37(43-25-32-19-11-5-12-20-32)36(42-24-31-17-9-4-10-18-31)35(47-39)29-41-23-30-15-7-3-8-16-30/h3-22,34-39H,23-29H2,1-2H3/t34-,35+,36+,37-,38+,39+/m0/s1. The molecule has 0 radical (unpaired) electrons. The predicted octanol–water partition coefficient (Wildman–Crippen LogP) is 6.85. The molecular weight excluding hydrogens is 608 g/mol. The van der Waals surface area contributed by atoms with E-state index in [9.17, 15) is 0 Å². The number of hydrogen-bond donors (Lipinski definition) is 0. The molecule has 2 aliphatic heterocycles. The number of benzene rings is 4. The van der Waals surface area contributed by atoms with Gasteiger partial charge in [-0.3, -0.25) is 0 Å². The zero-order valence-corrected chi connectivity index (χ0v) is 27.7. The van der Waals surface area contributed by atoms with E-state index < -0.39 is 36.5 Å². The highest BCUT2D eigenvalue weighted by molar-refractivity contribution is 5.16. The lowest BCUT2D eigenvalue weighted by Crippen LogP contribution is -2.62. The summed E-state index contributed by atoms with van der Waals surface area (Å²) >= 11 is 0. The lowest BCUT2D eigenvalue weighted by Gasteiger charge is -2.46. The fourth-order valence-corrected chi connectivity index (χ4v) is 5.93. The maximum atomic E-state index is 6.78. The van der Waals surface area contributed by atoms with Gasteiger partial charge in [-0.1, -0.05) is 121 Å². The molecule has 8 nitrogen and oxygen atoms in total. The third kappa shape index (κ3) is 10.0. The van der Waals surface area contributed by atoms with Crippen molar-refractivity contribution in [1.29, 1.82) is 0 Å². The third-order valence-corrected chi connectivity index (χ3v) is 8.35. The minimum atomic E-state index is -0.788. The highest BCUT2D eigenvalue weighted by Gasteiger charge is 2.49. The van der Waals surface area contributed by atoms with Crippen LogP contribution in [-0.4, -0.2) is 62.4 Å². The second kappa shape index (κ2) is 17.3. The van der Waals surface area contributed by atoms with Crippen LogP contribution >= 0.6 is 0 Å². The summed E-state index contributed by atoms with van der Waals surface area (Å²) in [5.41, 5.74) is 4.19. The average molecular weight is 655 g/mol. The molecule has 0 aliphatic carbocycles. The molecule has 0 aromatic heterocycles. The fraction of sp³-hybridized carbons (Fsp3) is 0.400. The molecule has 6 atom stereocenters. The molecule has 48 heavy (non-hydrogen) atoms. The maximum Gasteiger partial charge on any atom is 0.187 e. The summed E-state index contributed by atoms with van der Waals surface area (Å²) in [4.78, 5) is 0. The van der Waals surface area contributed by atoms with Crippen LogP contribution in [0.2, 0.25) is 0 Å². The van der Waals surface area contributed by atoms with Crippen molar-refractivity contribution in [2.24, 2.45) is 0 Å². The second-order valence-corrected chi connectivity index (χ2v) is 12.6. The Labute approximate surface area is 283 Å². The molecule has 2 aliphatic rings. The van der Waals surface area contributed by atoms with Gasteiger partial charge in [-0.15, -0.1) is 0 Å². The van der Waals surface area contributed by atoms with Gasteiger partial charge in [0.25, 0.3) is 0 Å². The van der Waals surface area contributed by atoms with Crippen LogP contribution in [0.25, 0.3) is 0 Å². The number of hydrogen-bond acceptors (Lipinski definition) is 8. The summed E-state index contributed by atoms with van der Waals surface area (Å²) in [5, 5.41) is 0. The van der Waals surface area contributed by atoms with Crippen LogP contribution in [-0.2, 0) is 64.3 Å². The number of ether oxygens (including phenoxy) is 8. The zero-order valence-electron chi connectivity index (χ0n) is 27.7. The topological polar surface area (TPSA) is 73.8 Å². The molecule has 4 aromatic carbocycles. The van der Waals surface area contributed by atoms with Gasteiger partial charge in [-0.05, 0) is 36.1 Å². The monoisotopic (exact) mass is 654 g/mol. The molecule has 8 heteroatoms. The Balaban J connectivity index is 1.28. The molecule has 6 rings (SSSR count). The van der Waals surface area contributed by atoms with E-state index in [-0.39, 0.29) is 19.3 Å². The van der Waals surface area contributed by atoms with E-state index in [1.165, 1.54) is 0 Å². The minimum absolute atomic E-state index is 0.248. The molecule has 0 spiro atoms. The minimum Gasteiger partial charge on any atom is -0.374 e. The fourth-order valence-electron chi connectivity index (χ4n) is 5.93. The summed E-state index contributed by atoms with van der Waals surface area (Å²) in [6, 6.07) is 40.4. The van der Waals surface area contributed by atoms with Crippen molar-refractivity contribution in [3.63, 3.8) is 0 Å². The largest absolute Gasteiger partial charge is 0.374 e. The van der Waals surface area contributed by atoms with Gasteiger partial charge in [0.1, 0.15) is 30.5 Å². The summed E-state index contributed by atoms with van der Waals surface area (Å²) in [6.07, 6.45) is -3.27. The molecule has 2 saturated heterocycles. The number of rotatable bonds is 16. The molecule has 0 amide bonds. The highest BCUT2D eigenvalue weighted by atomic mass is 16.8. The zero-order chi connectivity index (χ0) is 33.0. The van der Waals surface area contributed by atoms with Crippen LogP contribution in [0.4, 0.5) is 0 Å². The Hall–Kier alpha value is -3.44. The van der Waals surface area contributed by atoms with Crippen molar-refractivity contribution in [2.75, 3.05) is 19.8 Å². The van der Waals surface area contributed by atoms with E-state index in [1.807, 2.05) is 135 Å². The van der Waals surface area contributed by atoms with Gasteiger partial charge in [0.15, 0.2) is 12.1 Å². The van der Waals surface area contributed by atoms with Crippen LogP contribution in [0, 0.1) is 0 Å². The van der Waals surface area contributed by atoms with Crippen molar-refractivity contribution in [1.82, 2.24) is 0 Å². The lowest BCUT2D eigenvalue weighted by atomic mass is 9.97. The van der Waals surface area contributed by atoms with Gasteiger partial charge < -0.3 is 37.9 Å². The molecule has 2 heterocycles. The van der Waals surface area contributed by atoms with Crippen molar-refractivity contribution in [2.45, 2.75) is 82.9 Å². The maximum absolute atomic E-state index is 6.78. The molecular formula is C40H46O8. The Morgan fingerprint density at radius 2 is 1.00 bits per heavy atom. The van der Waals surface area contributed by atoms with Crippen LogP contribution in [0.15, 0.2) is 121 Å². The van der Waals surface area contributed by atoms with E-state index in [4.69, 9.17) is 37.9 Å². The first-order valence-electron chi connectivity index (χ1n) is 16.7. The quantitative estimate of drug-likeness (QED) is 0.130. The normalized spacial score (nSPS) is 25.2. The Bertz CT molecular complexity index is 1470. The molecule has 254 valence electrons. The van der Waals surface area contributed by atoms with Gasteiger partial charge in [0.05, 0.1) is 46.2 Å². The predicted molar refractivity (Wildman–Crippen MR) is 181 cm³/mol. The lowest BCUT2D eigenvalue weighted by molar-refractivity contribution is -0.331. The molecule has 4 aromatic rings. The smallest absolute Gasteiger partial charge is 0.187 e. The van der Waals surface area contributed by atoms with Gasteiger partial charge in [-0.2, -0.15) is 0 Å². The summed E-state index contributed by atoms with van der Waals surface area (Å²) in [6.45, 7) is 6.26. The van der Waals surface area contributed by atoms with Gasteiger partial charge in [-0.25, -0.2) is 0 Å². The van der Waals surface area contributed by atoms with Crippen molar-refractivity contribution in [3.8, 4) is 0 Å². The van der Waals surface area contributed by atoms with Crippen LogP contribution in [0.3, 0.4) is 0 Å². The van der Waals surface area contributed by atoms with Crippen molar-refractivity contribution < 1.29 is 37.9 Å². The first kappa shape index (κ1) is 34.4. The Morgan fingerprint density at radius 3 is 1.48 bits per heavy atom. The first-order valence-corrected chi connectivity index (χ1v) is 16.7. The average Bonchev–Trinajstić information content (AvgIpc) is 3.48. The van der Waals surface area contributed by atoms with E-state index in [0.717, 1.165) is 22.3 Å². The molecule has 0 saturated carbocycles. The van der Waals surface area contributed by atoms with Crippen LogP contribution in [0.1, 0.15) is 36.1 Å². The van der Waals surface area contributed by atoms with E-state index in [2.05, 4.69) is 0 Å². The SMILES string of the molecule is CC1(C)OC[C@H](CO[C@@H]2O[C@H](COCc3ccccc3)[C@@H](OCc3ccccc3)[C@H](OCc3ccccc3)[C@H]2OCc2ccccc2)O1. The van der Waals surface area contributed by atoms with Gasteiger partial charge in [0, 0.05) is 0 Å². The summed E-state index contributed by atoms with van der Waals surface area (Å²) < 4.78 is 51.6. The first-order chi connectivity index (χ1) is 23.5. The summed E-state index contributed by atoms with van der Waals surface area (Å²) in [7, 11) is 0. The molecule has 0 N–H and O–H groups in total. The Kier molecular flexibility index (Phi) is 12.4. The third-order valence-electron chi connectivity index (χ3n) is 8.35. The second-order valence-electron chi connectivity index (χ2n) is 12.6. The highest BCUT2D eigenvalue weighted by Crippen LogP contribution is 2.32. The molecule has 0 unspecified atom stereocenters. The van der Waals surface area contributed by atoms with Crippen LogP contribution < -0.4 is 0 Å². The van der Waals surface area contributed by atoms with Crippen LogP contribution in [0.5, 0.6) is 0 Å². The van der Waals surface area contributed by atoms with Gasteiger partial charge in [0.2, 0.25) is 0 Å². The summed E-state index contributed by atoms with van der Waals surface area (Å²) in [5.74, 6) is -0.670. The molecule has 2 fully saturated rings. The Morgan fingerprint density at radius 1 is 0.542 bits per heavy atom. The van der Waals surface area contributed by atoms with Gasteiger partial charge >= 0.3 is 0 Å². The van der Waals surface area contributed by atoms with E-state index in [0.29, 0.717) is 33.0 Å². The van der Waals surface area contributed by atoms with Crippen molar-refractivity contribution in [3.05, 3.63) is 144 Å².